The van der Waals surface area contributed by atoms with Crippen LogP contribution in [0.15, 0.2) is 24.3 Å². The topological polar surface area (TPSA) is 54.0 Å². The van der Waals surface area contributed by atoms with E-state index in [2.05, 4.69) is 15.6 Å². The number of hydrogen-bond acceptors (Lipinski definition) is 4. The van der Waals surface area contributed by atoms with Gasteiger partial charge in [-0.15, -0.1) is 0 Å². The fourth-order valence-corrected chi connectivity index (χ4v) is 3.50. The van der Waals surface area contributed by atoms with E-state index < -0.39 is 0 Å². The van der Waals surface area contributed by atoms with Gasteiger partial charge in [-0.25, -0.2) is 4.98 Å². The van der Waals surface area contributed by atoms with Crippen molar-refractivity contribution in [3.63, 3.8) is 0 Å². The number of aromatic nitrogens is 1. The van der Waals surface area contributed by atoms with Crippen molar-refractivity contribution in [3.8, 4) is 0 Å². The van der Waals surface area contributed by atoms with Crippen molar-refractivity contribution in [1.29, 1.82) is 0 Å². The van der Waals surface area contributed by atoms with Crippen LogP contribution in [0.1, 0.15) is 25.7 Å². The Hall–Kier alpha value is -1.46. The van der Waals surface area contributed by atoms with E-state index in [4.69, 9.17) is 0 Å². The molecule has 1 aliphatic rings. The number of benzene rings is 1. The molecule has 1 atom stereocenters. The lowest BCUT2D eigenvalue weighted by atomic mass is 9.94. The average Bonchev–Trinajstić information content (AvgIpc) is 2.88. The zero-order valence-corrected chi connectivity index (χ0v) is 12.2. The molecule has 0 spiro atoms. The van der Waals surface area contributed by atoms with Crippen LogP contribution in [0.3, 0.4) is 0 Å². The highest BCUT2D eigenvalue weighted by Gasteiger charge is 2.15. The molecule has 1 amide bonds. The summed E-state index contributed by atoms with van der Waals surface area (Å²) in [5, 5.41) is 7.01. The Labute approximate surface area is 122 Å². The molecule has 0 saturated carbocycles. The standard InChI is InChI=1S/C15H19N3OS/c19-14(8-7-11-4-3-9-16-10-11)18-15-17-12-5-1-2-6-13(12)20-15/h1-2,5-6,11,16H,3-4,7-10H2,(H,17,18,19). The number of rotatable bonds is 4. The SMILES string of the molecule is O=C(CCC1CCCNC1)Nc1nc2ccccc2s1. The van der Waals surface area contributed by atoms with Crippen LogP contribution in [-0.4, -0.2) is 24.0 Å². The molecule has 2 aromatic rings. The zero-order valence-electron chi connectivity index (χ0n) is 11.4. The van der Waals surface area contributed by atoms with Crippen LogP contribution in [0.2, 0.25) is 0 Å². The second-order valence-electron chi connectivity index (χ2n) is 5.29. The molecule has 1 unspecified atom stereocenters. The number of fused-ring (bicyclic) bond motifs is 1. The van der Waals surface area contributed by atoms with Crippen molar-refractivity contribution in [1.82, 2.24) is 10.3 Å². The molecule has 4 nitrogen and oxygen atoms in total. The van der Waals surface area contributed by atoms with Gasteiger partial charge in [-0.1, -0.05) is 23.5 Å². The molecule has 0 radical (unpaired) electrons. The predicted octanol–water partition coefficient (Wildman–Crippen LogP) is 3.01. The molecule has 2 heterocycles. The van der Waals surface area contributed by atoms with Crippen molar-refractivity contribution < 1.29 is 4.79 Å². The highest BCUT2D eigenvalue weighted by atomic mass is 32.1. The third-order valence-electron chi connectivity index (χ3n) is 3.72. The summed E-state index contributed by atoms with van der Waals surface area (Å²) in [4.78, 5) is 16.4. The van der Waals surface area contributed by atoms with E-state index in [1.807, 2.05) is 24.3 Å². The van der Waals surface area contributed by atoms with Gasteiger partial charge in [0.15, 0.2) is 5.13 Å². The van der Waals surface area contributed by atoms with Gasteiger partial charge in [0, 0.05) is 6.42 Å². The summed E-state index contributed by atoms with van der Waals surface area (Å²) in [5.41, 5.74) is 0.948. The normalized spacial score (nSPS) is 19.1. The van der Waals surface area contributed by atoms with Gasteiger partial charge in [0.2, 0.25) is 5.91 Å². The molecule has 3 rings (SSSR count). The minimum atomic E-state index is 0.0784. The van der Waals surface area contributed by atoms with Crippen molar-refractivity contribution >= 4 is 32.6 Å². The highest BCUT2D eigenvalue weighted by molar-refractivity contribution is 7.22. The third kappa shape index (κ3) is 3.35. The lowest BCUT2D eigenvalue weighted by Gasteiger charge is -2.22. The van der Waals surface area contributed by atoms with Gasteiger partial charge in [-0.3, -0.25) is 4.79 Å². The summed E-state index contributed by atoms with van der Waals surface area (Å²) >= 11 is 1.53. The summed E-state index contributed by atoms with van der Waals surface area (Å²) in [6, 6.07) is 7.94. The van der Waals surface area contributed by atoms with Crippen LogP contribution in [-0.2, 0) is 4.79 Å². The molecule has 0 bridgehead atoms. The number of nitrogens with one attached hydrogen (secondary N) is 2. The molecule has 0 aliphatic carbocycles. The fourth-order valence-electron chi connectivity index (χ4n) is 2.61. The largest absolute Gasteiger partial charge is 0.316 e. The van der Waals surface area contributed by atoms with E-state index in [1.54, 1.807) is 0 Å². The number of hydrogen-bond donors (Lipinski definition) is 2. The maximum Gasteiger partial charge on any atom is 0.226 e. The number of para-hydroxylation sites is 1. The first-order chi connectivity index (χ1) is 9.81. The van der Waals surface area contributed by atoms with Crippen molar-refractivity contribution in [2.75, 3.05) is 18.4 Å². The second kappa shape index (κ2) is 6.33. The Kier molecular flexibility index (Phi) is 4.28. The van der Waals surface area contributed by atoms with E-state index in [0.29, 0.717) is 17.5 Å². The minimum absolute atomic E-state index is 0.0784. The number of thiazole rings is 1. The summed E-state index contributed by atoms with van der Waals surface area (Å²) in [6.07, 6.45) is 4.01. The molecule has 1 fully saturated rings. The number of piperidine rings is 1. The van der Waals surface area contributed by atoms with Gasteiger partial charge in [0.25, 0.3) is 0 Å². The van der Waals surface area contributed by atoms with Crippen LogP contribution in [0.5, 0.6) is 0 Å². The van der Waals surface area contributed by atoms with Crippen molar-refractivity contribution in [2.24, 2.45) is 5.92 Å². The van der Waals surface area contributed by atoms with Gasteiger partial charge in [-0.2, -0.15) is 0 Å². The van der Waals surface area contributed by atoms with E-state index in [1.165, 1.54) is 24.2 Å². The first-order valence-electron chi connectivity index (χ1n) is 7.17. The Morgan fingerprint density at radius 1 is 1.45 bits per heavy atom. The number of anilines is 1. The minimum Gasteiger partial charge on any atom is -0.316 e. The summed E-state index contributed by atoms with van der Waals surface area (Å²) in [6.45, 7) is 2.17. The molecule has 20 heavy (non-hydrogen) atoms. The van der Waals surface area contributed by atoms with Crippen molar-refractivity contribution in [3.05, 3.63) is 24.3 Å². The number of nitrogens with zero attached hydrogens (tertiary/aromatic N) is 1. The quantitative estimate of drug-likeness (QED) is 0.909. The van der Waals surface area contributed by atoms with Gasteiger partial charge in [-0.05, 0) is 50.4 Å². The smallest absolute Gasteiger partial charge is 0.226 e. The van der Waals surface area contributed by atoms with Crippen LogP contribution < -0.4 is 10.6 Å². The Morgan fingerprint density at radius 2 is 2.35 bits per heavy atom. The molecular weight excluding hydrogens is 270 g/mol. The van der Waals surface area contributed by atoms with Gasteiger partial charge in [0.1, 0.15) is 0 Å². The van der Waals surface area contributed by atoms with E-state index in [0.717, 1.165) is 29.7 Å². The highest BCUT2D eigenvalue weighted by Crippen LogP contribution is 2.25. The number of carbonyl (C=O) groups is 1. The molecule has 1 saturated heterocycles. The second-order valence-corrected chi connectivity index (χ2v) is 6.32. The lowest BCUT2D eigenvalue weighted by Crippen LogP contribution is -2.30. The lowest BCUT2D eigenvalue weighted by molar-refractivity contribution is -0.116. The van der Waals surface area contributed by atoms with E-state index >= 15 is 0 Å². The first kappa shape index (κ1) is 13.5. The van der Waals surface area contributed by atoms with Crippen molar-refractivity contribution in [2.45, 2.75) is 25.7 Å². The summed E-state index contributed by atoms with van der Waals surface area (Å²) < 4.78 is 1.11. The van der Waals surface area contributed by atoms with Crippen LogP contribution >= 0.6 is 11.3 Å². The fraction of sp³-hybridized carbons (Fsp3) is 0.467. The van der Waals surface area contributed by atoms with Crippen LogP contribution in [0.4, 0.5) is 5.13 Å². The third-order valence-corrected chi connectivity index (χ3v) is 4.67. The maximum atomic E-state index is 12.0. The molecule has 2 N–H and O–H groups in total. The Morgan fingerprint density at radius 3 is 3.15 bits per heavy atom. The zero-order chi connectivity index (χ0) is 13.8. The van der Waals surface area contributed by atoms with E-state index in [-0.39, 0.29) is 5.91 Å². The average molecular weight is 289 g/mol. The molecular formula is C15H19N3OS. The van der Waals surface area contributed by atoms with Gasteiger partial charge in [0.05, 0.1) is 10.2 Å². The number of carbonyl (C=O) groups excluding carboxylic acids is 1. The Balaban J connectivity index is 1.52. The predicted molar refractivity (Wildman–Crippen MR) is 83.1 cm³/mol. The Bertz CT molecular complexity index is 557. The van der Waals surface area contributed by atoms with E-state index in [9.17, 15) is 4.79 Å². The first-order valence-corrected chi connectivity index (χ1v) is 7.99. The molecule has 1 aromatic heterocycles. The summed E-state index contributed by atoms with van der Waals surface area (Å²) in [5.74, 6) is 0.722. The molecule has 5 heteroatoms. The molecule has 1 aromatic carbocycles. The van der Waals surface area contributed by atoms with Gasteiger partial charge < -0.3 is 10.6 Å². The number of amides is 1. The van der Waals surface area contributed by atoms with Crippen LogP contribution in [0.25, 0.3) is 10.2 Å². The van der Waals surface area contributed by atoms with Gasteiger partial charge >= 0.3 is 0 Å². The van der Waals surface area contributed by atoms with Crippen LogP contribution in [0, 0.1) is 5.92 Å². The maximum absolute atomic E-state index is 12.0. The molecule has 1 aliphatic heterocycles. The molecule has 106 valence electrons. The summed E-state index contributed by atoms with van der Waals surface area (Å²) in [7, 11) is 0. The monoisotopic (exact) mass is 289 g/mol.